The van der Waals surface area contributed by atoms with Crippen LogP contribution in [0.25, 0.3) is 0 Å². The summed E-state index contributed by atoms with van der Waals surface area (Å²) in [4.78, 5) is 25.7. The van der Waals surface area contributed by atoms with Gasteiger partial charge in [0.1, 0.15) is 13.2 Å². The molecule has 0 aliphatic heterocycles. The Kier molecular flexibility index (Phi) is 65.6. The summed E-state index contributed by atoms with van der Waals surface area (Å²) in [6.07, 6.45) is 87.1. The van der Waals surface area contributed by atoms with Crippen LogP contribution < -0.4 is 10.2 Å². The van der Waals surface area contributed by atoms with Gasteiger partial charge in [0.15, 0.2) is 0 Å². The highest BCUT2D eigenvalue weighted by molar-refractivity contribution is 7.45. The maximum Gasteiger partial charge on any atom is 0.268 e. The summed E-state index contributed by atoms with van der Waals surface area (Å²) in [6, 6.07) is -0.799. The number of carbonyl (C=O) groups is 1. The summed E-state index contributed by atoms with van der Waals surface area (Å²) < 4.78 is 23.6. The summed E-state index contributed by atoms with van der Waals surface area (Å²) in [5.41, 5.74) is 0. The maximum absolute atomic E-state index is 13.1. The number of likely N-dealkylation sites (N-methyl/N-ethyl adjacent to an activating group) is 1. The van der Waals surface area contributed by atoms with Crippen LogP contribution in [0, 0.1) is 0 Å². The van der Waals surface area contributed by atoms with Gasteiger partial charge in [0.25, 0.3) is 7.82 Å². The molecule has 3 unspecified atom stereocenters. The highest BCUT2D eigenvalue weighted by atomic mass is 31.2. The molecule has 0 aromatic carbocycles. The van der Waals surface area contributed by atoms with Crippen LogP contribution in [0.15, 0.2) is 24.3 Å². The average Bonchev–Trinajstić information content (AvgIpc) is 3.56. The predicted molar refractivity (Wildman–Crippen MR) is 367 cm³/mol. The topological polar surface area (TPSA) is 108 Å². The molecule has 2 N–H and O–H groups in total. The largest absolute Gasteiger partial charge is 0.756 e. The molecule has 0 saturated heterocycles. The summed E-state index contributed by atoms with van der Waals surface area (Å²) in [7, 11) is 1.33. The Balaban J connectivity index is 3.94. The minimum absolute atomic E-state index is 0.0155. The van der Waals surface area contributed by atoms with Crippen LogP contribution >= 0.6 is 7.82 Å². The third kappa shape index (κ3) is 68.5. The van der Waals surface area contributed by atoms with E-state index in [-0.39, 0.29) is 19.1 Å². The summed E-state index contributed by atoms with van der Waals surface area (Å²) in [5.74, 6) is -0.155. The number of quaternary nitrogens is 1. The van der Waals surface area contributed by atoms with Crippen molar-refractivity contribution in [2.75, 3.05) is 40.9 Å². The van der Waals surface area contributed by atoms with E-state index in [2.05, 4.69) is 43.5 Å². The van der Waals surface area contributed by atoms with Crippen LogP contribution in [-0.2, 0) is 18.4 Å². The zero-order chi connectivity index (χ0) is 61.2. The molecule has 500 valence electrons. The van der Waals surface area contributed by atoms with Crippen molar-refractivity contribution in [2.24, 2.45) is 0 Å². The molecular formula is C75H149N2O6P. The van der Waals surface area contributed by atoms with E-state index in [0.29, 0.717) is 23.9 Å². The van der Waals surface area contributed by atoms with Crippen LogP contribution in [0.2, 0.25) is 0 Å². The molecule has 0 bridgehead atoms. The van der Waals surface area contributed by atoms with Gasteiger partial charge in [0.2, 0.25) is 5.91 Å². The van der Waals surface area contributed by atoms with E-state index in [1.165, 1.54) is 327 Å². The minimum Gasteiger partial charge on any atom is -0.756 e. The number of amides is 1. The minimum atomic E-state index is -4.58. The Morgan fingerprint density at radius 2 is 0.690 bits per heavy atom. The lowest BCUT2D eigenvalue weighted by atomic mass is 10.0. The predicted octanol–water partition coefficient (Wildman–Crippen LogP) is 23.6. The van der Waals surface area contributed by atoms with Crippen molar-refractivity contribution in [2.45, 2.75) is 411 Å². The number of rotatable bonds is 71. The molecule has 0 aromatic rings. The lowest BCUT2D eigenvalue weighted by molar-refractivity contribution is -0.870. The highest BCUT2D eigenvalue weighted by Gasteiger charge is 2.24. The van der Waals surface area contributed by atoms with Crippen LogP contribution in [0.1, 0.15) is 399 Å². The first-order chi connectivity index (χ1) is 41.0. The Morgan fingerprint density at radius 3 is 0.988 bits per heavy atom. The molecule has 0 aliphatic rings. The average molecular weight is 1210 g/mol. The number of aliphatic hydroxyl groups excluding tert-OH is 1. The Hall–Kier alpha value is -1.02. The highest BCUT2D eigenvalue weighted by Crippen LogP contribution is 2.38. The number of hydrogen-bond acceptors (Lipinski definition) is 6. The molecule has 0 heterocycles. The van der Waals surface area contributed by atoms with Crippen molar-refractivity contribution < 1.29 is 32.9 Å². The van der Waals surface area contributed by atoms with Gasteiger partial charge < -0.3 is 28.8 Å². The molecule has 0 rings (SSSR count). The van der Waals surface area contributed by atoms with Gasteiger partial charge in [0.05, 0.1) is 39.9 Å². The zero-order valence-electron chi connectivity index (χ0n) is 57.4. The number of phosphoric ester groups is 1. The molecule has 0 saturated carbocycles. The van der Waals surface area contributed by atoms with Gasteiger partial charge in [0, 0.05) is 6.42 Å². The number of carbonyl (C=O) groups excluding carboxylic acids is 1. The maximum atomic E-state index is 13.1. The van der Waals surface area contributed by atoms with Gasteiger partial charge in [-0.3, -0.25) is 9.36 Å². The lowest BCUT2D eigenvalue weighted by Crippen LogP contribution is -2.46. The van der Waals surface area contributed by atoms with E-state index >= 15 is 0 Å². The second-order valence-electron chi connectivity index (χ2n) is 27.4. The van der Waals surface area contributed by atoms with Gasteiger partial charge in [-0.2, -0.15) is 0 Å². The van der Waals surface area contributed by atoms with Gasteiger partial charge in [-0.1, -0.05) is 372 Å². The van der Waals surface area contributed by atoms with E-state index in [9.17, 15) is 19.4 Å². The third-order valence-electron chi connectivity index (χ3n) is 17.7. The molecule has 0 aliphatic carbocycles. The second kappa shape index (κ2) is 66.4. The number of hydrogen-bond donors (Lipinski definition) is 2. The van der Waals surface area contributed by atoms with Gasteiger partial charge in [-0.25, -0.2) is 0 Å². The fourth-order valence-corrected chi connectivity index (χ4v) is 12.6. The van der Waals surface area contributed by atoms with Gasteiger partial charge in [-0.15, -0.1) is 0 Å². The van der Waals surface area contributed by atoms with Crippen molar-refractivity contribution in [3.63, 3.8) is 0 Å². The standard InChI is InChI=1S/C75H149N2O6P/c1-6-8-10-12-14-16-18-20-22-24-26-28-30-32-34-35-36-37-38-39-40-41-43-45-47-49-51-53-55-57-59-61-63-65-67-69-75(79)76-73(72-83-84(80,81)82-71-70-77(3,4)5)74(78)68-66-64-62-60-58-56-54-52-50-48-46-44-42-33-31-29-27-25-23-21-19-17-15-13-11-9-7-2/h18,20,24,26,73-74,78H,6-17,19,21-23,25,27-72H2,1-5H3,(H-,76,79,80,81)/b20-18-,26-24-. The summed E-state index contributed by atoms with van der Waals surface area (Å²) in [6.45, 7) is 4.78. The summed E-state index contributed by atoms with van der Waals surface area (Å²) in [5, 5.41) is 14.1. The zero-order valence-corrected chi connectivity index (χ0v) is 58.3. The molecule has 0 radical (unpaired) electrons. The summed E-state index contributed by atoms with van der Waals surface area (Å²) >= 11 is 0. The fourth-order valence-electron chi connectivity index (χ4n) is 11.8. The number of unbranched alkanes of at least 4 members (excludes halogenated alkanes) is 54. The van der Waals surface area contributed by atoms with E-state index in [4.69, 9.17) is 9.05 Å². The quantitative estimate of drug-likeness (QED) is 0.0272. The Bertz CT molecular complexity index is 1420. The first-order valence-electron chi connectivity index (χ1n) is 37.7. The number of phosphoric acid groups is 1. The molecule has 8 nitrogen and oxygen atoms in total. The smallest absolute Gasteiger partial charge is 0.268 e. The van der Waals surface area contributed by atoms with Crippen molar-refractivity contribution in [3.8, 4) is 0 Å². The molecule has 84 heavy (non-hydrogen) atoms. The lowest BCUT2D eigenvalue weighted by Gasteiger charge is -2.30. The van der Waals surface area contributed by atoms with Crippen molar-refractivity contribution in [1.29, 1.82) is 0 Å². The number of aliphatic hydroxyl groups is 1. The monoisotopic (exact) mass is 1210 g/mol. The van der Waals surface area contributed by atoms with Crippen LogP contribution in [0.3, 0.4) is 0 Å². The van der Waals surface area contributed by atoms with Crippen molar-refractivity contribution in [1.82, 2.24) is 5.32 Å². The molecule has 1 amide bonds. The van der Waals surface area contributed by atoms with Crippen LogP contribution in [-0.4, -0.2) is 68.5 Å². The van der Waals surface area contributed by atoms with Crippen LogP contribution in [0.4, 0.5) is 0 Å². The number of nitrogens with one attached hydrogen (secondary N) is 1. The Morgan fingerprint density at radius 1 is 0.417 bits per heavy atom. The molecule has 9 heteroatoms. The molecular weight excluding hydrogens is 1060 g/mol. The van der Waals surface area contributed by atoms with Gasteiger partial charge >= 0.3 is 0 Å². The van der Waals surface area contributed by atoms with Crippen molar-refractivity contribution in [3.05, 3.63) is 24.3 Å². The Labute approximate surface area is 525 Å². The first-order valence-corrected chi connectivity index (χ1v) is 39.1. The molecule has 0 aromatic heterocycles. The third-order valence-corrected chi connectivity index (χ3v) is 18.7. The molecule has 0 fully saturated rings. The number of allylic oxidation sites excluding steroid dienone is 4. The van der Waals surface area contributed by atoms with E-state index in [1.54, 1.807) is 0 Å². The fraction of sp³-hybridized carbons (Fsp3) is 0.933. The van der Waals surface area contributed by atoms with E-state index in [1.807, 2.05) is 21.1 Å². The van der Waals surface area contributed by atoms with E-state index in [0.717, 1.165) is 44.9 Å². The van der Waals surface area contributed by atoms with Gasteiger partial charge in [-0.05, 0) is 44.9 Å². The SMILES string of the molecule is CCCCCCC/C=C\C/C=C\CCCCCCCCCCCCCCCCCCCCCCCCCC(=O)NC(COP(=O)([O-])OCC[N+](C)(C)C)C(O)CCCCCCCCCCCCCCCCCCCCCCCCCCCCC. The van der Waals surface area contributed by atoms with Crippen molar-refractivity contribution >= 4 is 13.7 Å². The second-order valence-corrected chi connectivity index (χ2v) is 28.8. The van der Waals surface area contributed by atoms with Crippen LogP contribution in [0.5, 0.6) is 0 Å². The first kappa shape index (κ1) is 83.0. The molecule has 3 atom stereocenters. The molecule has 0 spiro atoms. The van der Waals surface area contributed by atoms with E-state index < -0.39 is 20.0 Å². The normalized spacial score (nSPS) is 13.7. The number of nitrogens with zero attached hydrogens (tertiary/aromatic N) is 1.